The van der Waals surface area contributed by atoms with Crippen molar-refractivity contribution >= 4 is 11.9 Å². The van der Waals surface area contributed by atoms with E-state index in [1.807, 2.05) is 0 Å². The van der Waals surface area contributed by atoms with Crippen molar-refractivity contribution in [1.29, 1.82) is 0 Å². The van der Waals surface area contributed by atoms with Crippen molar-refractivity contribution in [2.75, 3.05) is 26.2 Å². The fraction of sp³-hybridized carbons (Fsp3) is 0.867. The molecule has 0 aromatic rings. The third-order valence-corrected chi connectivity index (χ3v) is 3.92. The Morgan fingerprint density at radius 3 is 2.55 bits per heavy atom. The van der Waals surface area contributed by atoms with Gasteiger partial charge in [0.15, 0.2) is 0 Å². The van der Waals surface area contributed by atoms with E-state index in [-0.39, 0.29) is 17.3 Å². The average molecular weight is 284 g/mol. The zero-order chi connectivity index (χ0) is 14.8. The van der Waals surface area contributed by atoms with Crippen LogP contribution in [0.2, 0.25) is 0 Å². The highest BCUT2D eigenvalue weighted by Gasteiger charge is 2.38. The number of piperidine rings is 1. The van der Waals surface area contributed by atoms with Crippen molar-refractivity contribution in [1.82, 2.24) is 10.6 Å². The Balaban J connectivity index is 2.33. The first-order valence-electron chi connectivity index (χ1n) is 7.79. The molecule has 0 aliphatic carbocycles. The number of carbonyl (C=O) groups excluding carboxylic acids is 2. The number of rotatable bonds is 8. The number of ether oxygens (including phenoxy) is 1. The second-order valence-electron chi connectivity index (χ2n) is 5.44. The predicted molar refractivity (Wildman–Crippen MR) is 78.3 cm³/mol. The molecule has 1 aliphatic rings. The topological polar surface area (TPSA) is 67.4 Å². The third-order valence-electron chi connectivity index (χ3n) is 3.92. The number of carbonyl (C=O) groups is 2. The maximum absolute atomic E-state index is 12.4. The van der Waals surface area contributed by atoms with Gasteiger partial charge >= 0.3 is 5.97 Å². The number of amides is 1. The molecular formula is C15H28N2O3. The molecule has 1 heterocycles. The van der Waals surface area contributed by atoms with E-state index in [9.17, 15) is 9.59 Å². The van der Waals surface area contributed by atoms with Crippen LogP contribution in [-0.4, -0.2) is 38.1 Å². The molecule has 0 radical (unpaired) electrons. The van der Waals surface area contributed by atoms with Crippen molar-refractivity contribution in [3.63, 3.8) is 0 Å². The summed E-state index contributed by atoms with van der Waals surface area (Å²) in [4.78, 5) is 23.6. The summed E-state index contributed by atoms with van der Waals surface area (Å²) in [6.07, 6.45) is 4.80. The van der Waals surface area contributed by atoms with Crippen LogP contribution in [0.5, 0.6) is 0 Å². The quantitative estimate of drug-likeness (QED) is 0.525. The summed E-state index contributed by atoms with van der Waals surface area (Å²) in [7, 11) is 0. The standard InChI is InChI=1S/C15H28N2O3/c1-3-7-15(8-11-16-12-9-15)14(19)17-10-5-6-13(18)20-4-2/h16H,3-12H2,1-2H3,(H,17,19). The van der Waals surface area contributed by atoms with Gasteiger partial charge in [-0.2, -0.15) is 0 Å². The lowest BCUT2D eigenvalue weighted by Crippen LogP contribution is -2.47. The molecule has 0 spiro atoms. The van der Waals surface area contributed by atoms with E-state index in [0.717, 1.165) is 38.8 Å². The fourth-order valence-corrected chi connectivity index (χ4v) is 2.83. The number of nitrogens with one attached hydrogen (secondary N) is 2. The summed E-state index contributed by atoms with van der Waals surface area (Å²) >= 11 is 0. The molecule has 1 aliphatic heterocycles. The molecule has 1 fully saturated rings. The second kappa shape index (κ2) is 8.95. The Bertz CT molecular complexity index is 307. The lowest BCUT2D eigenvalue weighted by molar-refractivity contribution is -0.143. The van der Waals surface area contributed by atoms with Crippen LogP contribution in [0.1, 0.15) is 52.4 Å². The molecule has 0 bridgehead atoms. The summed E-state index contributed by atoms with van der Waals surface area (Å²) in [6, 6.07) is 0. The first kappa shape index (κ1) is 17.0. The van der Waals surface area contributed by atoms with Gasteiger partial charge < -0.3 is 15.4 Å². The zero-order valence-electron chi connectivity index (χ0n) is 12.8. The molecule has 5 nitrogen and oxygen atoms in total. The van der Waals surface area contributed by atoms with Gasteiger partial charge in [-0.1, -0.05) is 13.3 Å². The molecule has 0 unspecified atom stereocenters. The second-order valence-corrected chi connectivity index (χ2v) is 5.44. The molecule has 2 N–H and O–H groups in total. The van der Waals surface area contributed by atoms with Crippen LogP contribution >= 0.6 is 0 Å². The van der Waals surface area contributed by atoms with Crippen LogP contribution in [0.25, 0.3) is 0 Å². The van der Waals surface area contributed by atoms with Gasteiger partial charge in [-0.05, 0) is 45.7 Å². The van der Waals surface area contributed by atoms with E-state index in [4.69, 9.17) is 4.74 Å². The van der Waals surface area contributed by atoms with Crippen molar-refractivity contribution < 1.29 is 14.3 Å². The van der Waals surface area contributed by atoms with Gasteiger partial charge in [0.25, 0.3) is 0 Å². The molecule has 0 aromatic heterocycles. The largest absolute Gasteiger partial charge is 0.466 e. The van der Waals surface area contributed by atoms with Crippen molar-refractivity contribution in [3.05, 3.63) is 0 Å². The van der Waals surface area contributed by atoms with Crippen LogP contribution < -0.4 is 10.6 Å². The molecule has 1 amide bonds. The maximum Gasteiger partial charge on any atom is 0.305 e. The Kier molecular flexibility index (Phi) is 7.59. The molecule has 1 rings (SSSR count). The Morgan fingerprint density at radius 1 is 1.25 bits per heavy atom. The zero-order valence-corrected chi connectivity index (χ0v) is 12.8. The maximum atomic E-state index is 12.4. The van der Waals surface area contributed by atoms with E-state index in [2.05, 4.69) is 17.6 Å². The summed E-state index contributed by atoms with van der Waals surface area (Å²) in [6.45, 7) is 6.71. The molecule has 1 saturated heterocycles. The number of hydrogen-bond donors (Lipinski definition) is 2. The Morgan fingerprint density at radius 2 is 1.95 bits per heavy atom. The average Bonchev–Trinajstić information content (AvgIpc) is 2.45. The molecule has 0 saturated carbocycles. The minimum atomic E-state index is -0.204. The summed E-state index contributed by atoms with van der Waals surface area (Å²) < 4.78 is 4.86. The van der Waals surface area contributed by atoms with Crippen LogP contribution in [0.4, 0.5) is 0 Å². The van der Waals surface area contributed by atoms with Crippen LogP contribution in [-0.2, 0) is 14.3 Å². The highest BCUT2D eigenvalue weighted by Crippen LogP contribution is 2.34. The lowest BCUT2D eigenvalue weighted by atomic mass is 9.74. The first-order valence-corrected chi connectivity index (χ1v) is 7.79. The van der Waals surface area contributed by atoms with Crippen molar-refractivity contribution in [3.8, 4) is 0 Å². The molecule has 5 heteroatoms. The van der Waals surface area contributed by atoms with E-state index in [1.165, 1.54) is 0 Å². The highest BCUT2D eigenvalue weighted by atomic mass is 16.5. The van der Waals surface area contributed by atoms with Crippen molar-refractivity contribution in [2.24, 2.45) is 5.41 Å². The van der Waals surface area contributed by atoms with Gasteiger partial charge in [-0.3, -0.25) is 9.59 Å². The normalized spacial score (nSPS) is 17.5. The van der Waals surface area contributed by atoms with Gasteiger partial charge in [0.2, 0.25) is 5.91 Å². The Hall–Kier alpha value is -1.10. The predicted octanol–water partition coefficient (Wildman–Crippen LogP) is 1.62. The minimum Gasteiger partial charge on any atom is -0.466 e. The van der Waals surface area contributed by atoms with Gasteiger partial charge in [0.1, 0.15) is 0 Å². The molecular weight excluding hydrogens is 256 g/mol. The summed E-state index contributed by atoms with van der Waals surface area (Å²) in [5.41, 5.74) is -0.204. The number of hydrogen-bond acceptors (Lipinski definition) is 4. The smallest absolute Gasteiger partial charge is 0.305 e. The van der Waals surface area contributed by atoms with Gasteiger partial charge in [-0.15, -0.1) is 0 Å². The Labute approximate surface area is 121 Å². The molecule has 116 valence electrons. The third kappa shape index (κ3) is 5.12. The number of esters is 1. The van der Waals surface area contributed by atoms with Gasteiger partial charge in [0.05, 0.1) is 12.0 Å². The van der Waals surface area contributed by atoms with Crippen LogP contribution in [0.3, 0.4) is 0 Å². The summed E-state index contributed by atoms with van der Waals surface area (Å²) in [5, 5.41) is 6.31. The van der Waals surface area contributed by atoms with E-state index in [1.54, 1.807) is 6.92 Å². The van der Waals surface area contributed by atoms with Gasteiger partial charge in [-0.25, -0.2) is 0 Å². The fourth-order valence-electron chi connectivity index (χ4n) is 2.83. The van der Waals surface area contributed by atoms with Crippen molar-refractivity contribution in [2.45, 2.75) is 52.4 Å². The first-order chi connectivity index (χ1) is 9.64. The monoisotopic (exact) mass is 284 g/mol. The molecule has 0 aromatic carbocycles. The van der Waals surface area contributed by atoms with E-state index < -0.39 is 0 Å². The minimum absolute atomic E-state index is 0.157. The lowest BCUT2D eigenvalue weighted by Gasteiger charge is -2.36. The molecule has 20 heavy (non-hydrogen) atoms. The SMILES string of the molecule is CCCC1(C(=O)NCCCC(=O)OCC)CCNCC1. The molecule has 0 atom stereocenters. The van der Waals surface area contributed by atoms with Gasteiger partial charge in [0, 0.05) is 13.0 Å². The van der Waals surface area contributed by atoms with E-state index in [0.29, 0.717) is 26.0 Å². The van der Waals surface area contributed by atoms with Crippen LogP contribution in [0.15, 0.2) is 0 Å². The highest BCUT2D eigenvalue weighted by molar-refractivity contribution is 5.82. The van der Waals surface area contributed by atoms with Crippen LogP contribution in [0, 0.1) is 5.41 Å². The van der Waals surface area contributed by atoms with E-state index >= 15 is 0 Å². The summed E-state index contributed by atoms with van der Waals surface area (Å²) in [5.74, 6) is -0.0309.